The molecule has 0 amide bonds. The van der Waals surface area contributed by atoms with Gasteiger partial charge in [-0.3, -0.25) is 9.97 Å². The Balaban J connectivity index is 2.72. The lowest BCUT2D eigenvalue weighted by molar-refractivity contribution is 0.975. The molecule has 1 atom stereocenters. The smallest absolute Gasteiger partial charge is 0.0778 e. The molecule has 0 aliphatic rings. The third kappa shape index (κ3) is 1.31. The second-order valence-corrected chi connectivity index (χ2v) is 3.15. The lowest BCUT2D eigenvalue weighted by atomic mass is 10.0. The van der Waals surface area contributed by atoms with E-state index in [-0.39, 0.29) is 5.92 Å². The van der Waals surface area contributed by atoms with Crippen molar-refractivity contribution in [3.63, 3.8) is 0 Å². The molecule has 0 aromatic carbocycles. The van der Waals surface area contributed by atoms with Gasteiger partial charge in [0, 0.05) is 29.5 Å². The van der Waals surface area contributed by atoms with Crippen LogP contribution in [0.1, 0.15) is 18.4 Å². The van der Waals surface area contributed by atoms with Crippen LogP contribution in [0.3, 0.4) is 0 Å². The molecule has 14 heavy (non-hydrogen) atoms. The van der Waals surface area contributed by atoms with Gasteiger partial charge < -0.3 is 0 Å². The first-order valence-electron chi connectivity index (χ1n) is 4.41. The highest BCUT2D eigenvalue weighted by Gasteiger charge is 2.09. The van der Waals surface area contributed by atoms with Crippen LogP contribution in [-0.2, 0) is 0 Å². The molecule has 2 rings (SSSR count). The van der Waals surface area contributed by atoms with Crippen molar-refractivity contribution in [2.24, 2.45) is 0 Å². The van der Waals surface area contributed by atoms with Crippen LogP contribution in [-0.4, -0.2) is 9.97 Å². The quantitative estimate of drug-likeness (QED) is 0.681. The van der Waals surface area contributed by atoms with Crippen molar-refractivity contribution in [1.29, 1.82) is 5.26 Å². The summed E-state index contributed by atoms with van der Waals surface area (Å²) in [6, 6.07) is 6.01. The van der Waals surface area contributed by atoms with Crippen LogP contribution < -0.4 is 0 Å². The van der Waals surface area contributed by atoms with E-state index >= 15 is 0 Å². The van der Waals surface area contributed by atoms with E-state index in [4.69, 9.17) is 5.26 Å². The predicted octanol–water partition coefficient (Wildman–Crippen LogP) is 2.26. The number of aromatic nitrogens is 2. The summed E-state index contributed by atoms with van der Waals surface area (Å²) in [6.45, 7) is 1.85. The Morgan fingerprint density at radius 3 is 3.07 bits per heavy atom. The van der Waals surface area contributed by atoms with Gasteiger partial charge in [0.25, 0.3) is 0 Å². The molecule has 2 heterocycles. The first-order valence-corrected chi connectivity index (χ1v) is 4.41. The van der Waals surface area contributed by atoms with Crippen molar-refractivity contribution in [1.82, 2.24) is 9.97 Å². The minimum absolute atomic E-state index is 0.166. The standard InChI is InChI=1S/C11H9N3/c1-8(5-12)10-7-13-6-9-3-2-4-14-11(9)10/h2-4,6-8H,1H3. The second kappa shape index (κ2) is 3.43. The number of pyridine rings is 2. The number of nitriles is 1. The maximum atomic E-state index is 8.84. The third-order valence-electron chi connectivity index (χ3n) is 2.20. The summed E-state index contributed by atoms with van der Waals surface area (Å²) in [5.41, 5.74) is 1.77. The topological polar surface area (TPSA) is 49.6 Å². The normalized spacial score (nSPS) is 12.3. The molecule has 1 unspecified atom stereocenters. The maximum Gasteiger partial charge on any atom is 0.0778 e. The van der Waals surface area contributed by atoms with Crippen molar-refractivity contribution in [3.8, 4) is 6.07 Å². The van der Waals surface area contributed by atoms with Crippen LogP contribution in [0, 0.1) is 11.3 Å². The van der Waals surface area contributed by atoms with E-state index in [0.29, 0.717) is 0 Å². The van der Waals surface area contributed by atoms with E-state index in [1.54, 1.807) is 18.6 Å². The summed E-state index contributed by atoms with van der Waals surface area (Å²) in [7, 11) is 0. The first-order chi connectivity index (χ1) is 6.83. The fourth-order valence-electron chi connectivity index (χ4n) is 1.41. The van der Waals surface area contributed by atoms with Crippen molar-refractivity contribution in [2.45, 2.75) is 12.8 Å². The fraction of sp³-hybridized carbons (Fsp3) is 0.182. The second-order valence-electron chi connectivity index (χ2n) is 3.15. The number of hydrogen-bond acceptors (Lipinski definition) is 3. The molecule has 0 saturated heterocycles. The van der Waals surface area contributed by atoms with Gasteiger partial charge in [0.1, 0.15) is 0 Å². The van der Waals surface area contributed by atoms with Gasteiger partial charge in [0.05, 0.1) is 17.5 Å². The molecule has 0 radical (unpaired) electrons. The Morgan fingerprint density at radius 1 is 1.43 bits per heavy atom. The van der Waals surface area contributed by atoms with Gasteiger partial charge in [-0.1, -0.05) is 0 Å². The number of rotatable bonds is 1. The van der Waals surface area contributed by atoms with Crippen LogP contribution >= 0.6 is 0 Å². The molecule has 0 saturated carbocycles. The number of fused-ring (bicyclic) bond motifs is 1. The van der Waals surface area contributed by atoms with Gasteiger partial charge in [-0.15, -0.1) is 0 Å². The summed E-state index contributed by atoms with van der Waals surface area (Å²) < 4.78 is 0. The largest absolute Gasteiger partial charge is 0.264 e. The molecule has 0 bridgehead atoms. The van der Waals surface area contributed by atoms with Gasteiger partial charge >= 0.3 is 0 Å². The van der Waals surface area contributed by atoms with E-state index in [1.165, 1.54) is 0 Å². The Bertz CT molecular complexity index is 494. The molecular weight excluding hydrogens is 174 g/mol. The summed E-state index contributed by atoms with van der Waals surface area (Å²) in [4.78, 5) is 8.35. The van der Waals surface area contributed by atoms with Crippen molar-refractivity contribution < 1.29 is 0 Å². The van der Waals surface area contributed by atoms with E-state index < -0.39 is 0 Å². The monoisotopic (exact) mass is 183 g/mol. The zero-order valence-electron chi connectivity index (χ0n) is 7.81. The van der Waals surface area contributed by atoms with Crippen molar-refractivity contribution >= 4 is 10.9 Å². The fourth-order valence-corrected chi connectivity index (χ4v) is 1.41. The van der Waals surface area contributed by atoms with E-state index in [0.717, 1.165) is 16.5 Å². The van der Waals surface area contributed by atoms with Crippen LogP contribution in [0.5, 0.6) is 0 Å². The molecule has 0 aliphatic heterocycles. The SMILES string of the molecule is CC(C#N)c1cncc2cccnc12. The first kappa shape index (κ1) is 8.64. The molecule has 68 valence electrons. The van der Waals surface area contributed by atoms with E-state index in [1.807, 2.05) is 19.1 Å². The van der Waals surface area contributed by atoms with Crippen molar-refractivity contribution in [3.05, 3.63) is 36.3 Å². The molecule has 3 heteroatoms. The zero-order valence-corrected chi connectivity index (χ0v) is 7.81. The maximum absolute atomic E-state index is 8.84. The Morgan fingerprint density at radius 2 is 2.29 bits per heavy atom. The summed E-state index contributed by atoms with van der Waals surface area (Å²) in [5.74, 6) is -0.166. The molecule has 0 aliphatic carbocycles. The Kier molecular flexibility index (Phi) is 2.11. The summed E-state index contributed by atoms with van der Waals surface area (Å²) in [5, 5.41) is 9.82. The molecule has 2 aromatic rings. The highest BCUT2D eigenvalue weighted by Crippen LogP contribution is 2.21. The third-order valence-corrected chi connectivity index (χ3v) is 2.20. The zero-order chi connectivity index (χ0) is 9.97. The van der Waals surface area contributed by atoms with Crippen LogP contribution in [0.15, 0.2) is 30.7 Å². The summed E-state index contributed by atoms with van der Waals surface area (Å²) in [6.07, 6.45) is 5.20. The van der Waals surface area contributed by atoms with Crippen LogP contribution in [0.25, 0.3) is 10.9 Å². The van der Waals surface area contributed by atoms with Gasteiger partial charge in [-0.05, 0) is 19.1 Å². The molecule has 0 fully saturated rings. The highest BCUT2D eigenvalue weighted by molar-refractivity contribution is 5.81. The van der Waals surface area contributed by atoms with Gasteiger partial charge in [0.2, 0.25) is 0 Å². The lowest BCUT2D eigenvalue weighted by Gasteiger charge is -2.05. The lowest BCUT2D eigenvalue weighted by Crippen LogP contribution is -1.94. The minimum atomic E-state index is -0.166. The van der Waals surface area contributed by atoms with Gasteiger partial charge in [-0.2, -0.15) is 5.26 Å². The van der Waals surface area contributed by atoms with E-state index in [9.17, 15) is 0 Å². The van der Waals surface area contributed by atoms with Gasteiger partial charge in [0.15, 0.2) is 0 Å². The Hall–Kier alpha value is -1.95. The molecule has 2 aromatic heterocycles. The van der Waals surface area contributed by atoms with Crippen molar-refractivity contribution in [2.75, 3.05) is 0 Å². The summed E-state index contributed by atoms with van der Waals surface area (Å²) >= 11 is 0. The molecule has 3 nitrogen and oxygen atoms in total. The molecule has 0 N–H and O–H groups in total. The Labute approximate surface area is 82.0 Å². The average molecular weight is 183 g/mol. The molecular formula is C11H9N3. The van der Waals surface area contributed by atoms with Gasteiger partial charge in [-0.25, -0.2) is 0 Å². The minimum Gasteiger partial charge on any atom is -0.264 e. The van der Waals surface area contributed by atoms with Crippen LogP contribution in [0.4, 0.5) is 0 Å². The van der Waals surface area contributed by atoms with E-state index in [2.05, 4.69) is 16.0 Å². The predicted molar refractivity (Wildman–Crippen MR) is 53.6 cm³/mol. The highest BCUT2D eigenvalue weighted by atomic mass is 14.7. The average Bonchev–Trinajstić information content (AvgIpc) is 2.27. The number of hydrogen-bond donors (Lipinski definition) is 0. The molecule has 0 spiro atoms. The number of nitrogens with zero attached hydrogens (tertiary/aromatic N) is 3. The van der Waals surface area contributed by atoms with Crippen LogP contribution in [0.2, 0.25) is 0 Å².